The van der Waals surface area contributed by atoms with Gasteiger partial charge in [-0.25, -0.2) is 4.98 Å². The van der Waals surface area contributed by atoms with Crippen LogP contribution < -0.4 is 0 Å². The van der Waals surface area contributed by atoms with Gasteiger partial charge in [0.25, 0.3) is 5.91 Å². The van der Waals surface area contributed by atoms with Crippen molar-refractivity contribution in [3.8, 4) is 0 Å². The third-order valence-corrected chi connectivity index (χ3v) is 7.58. The van der Waals surface area contributed by atoms with Crippen molar-refractivity contribution < 1.29 is 9.53 Å². The summed E-state index contributed by atoms with van der Waals surface area (Å²) in [5.74, 6) is 0.437. The van der Waals surface area contributed by atoms with Crippen LogP contribution in [-0.4, -0.2) is 65.6 Å². The number of aromatic nitrogens is 1. The van der Waals surface area contributed by atoms with E-state index in [1.165, 1.54) is 32.2 Å². The van der Waals surface area contributed by atoms with Crippen LogP contribution in [0, 0.1) is 5.41 Å². The molecule has 6 heteroatoms. The van der Waals surface area contributed by atoms with E-state index in [9.17, 15) is 4.79 Å². The van der Waals surface area contributed by atoms with Gasteiger partial charge < -0.3 is 14.5 Å². The third-order valence-electron chi connectivity index (χ3n) is 6.44. The first-order valence-corrected chi connectivity index (χ1v) is 12.7. The number of piperidine rings is 1. The first-order chi connectivity index (χ1) is 14.2. The highest BCUT2D eigenvalue weighted by Crippen LogP contribution is 2.31. The predicted molar refractivity (Wildman–Crippen MR) is 124 cm³/mol. The van der Waals surface area contributed by atoms with E-state index in [0.717, 1.165) is 30.9 Å². The monoisotopic (exact) mass is 435 g/mol. The Morgan fingerprint density at radius 2 is 1.93 bits per heavy atom. The third kappa shape index (κ3) is 6.51. The van der Waals surface area contributed by atoms with Gasteiger partial charge >= 0.3 is 0 Å². The molecule has 2 aliphatic heterocycles. The Balaban J connectivity index is 1.44. The minimum absolute atomic E-state index is 0.0714. The van der Waals surface area contributed by atoms with Gasteiger partial charge in [0.1, 0.15) is 5.69 Å². The van der Waals surface area contributed by atoms with Crippen molar-refractivity contribution in [2.75, 3.05) is 39.3 Å². The Morgan fingerprint density at radius 3 is 2.57 bits per heavy atom. The molecular formula is C24H41N3O2S. The van der Waals surface area contributed by atoms with Crippen molar-refractivity contribution in [2.45, 2.75) is 84.7 Å². The Morgan fingerprint density at radius 1 is 1.20 bits per heavy atom. The molecule has 1 amide bonds. The van der Waals surface area contributed by atoms with E-state index in [4.69, 9.17) is 4.74 Å². The van der Waals surface area contributed by atoms with Crippen LogP contribution in [0.1, 0.15) is 94.6 Å². The molecule has 30 heavy (non-hydrogen) atoms. The Bertz CT molecular complexity index is 687. The van der Waals surface area contributed by atoms with E-state index < -0.39 is 0 Å². The van der Waals surface area contributed by atoms with Gasteiger partial charge in [0.15, 0.2) is 0 Å². The van der Waals surface area contributed by atoms with Crippen LogP contribution in [0.4, 0.5) is 0 Å². The van der Waals surface area contributed by atoms with Crippen LogP contribution in [0.25, 0.3) is 0 Å². The number of nitrogens with zero attached hydrogens (tertiary/aromatic N) is 3. The van der Waals surface area contributed by atoms with E-state index in [0.29, 0.717) is 36.7 Å². The predicted octanol–water partition coefficient (Wildman–Crippen LogP) is 5.18. The number of thiazole rings is 1. The second-order valence-electron chi connectivity index (χ2n) is 10.7. The lowest BCUT2D eigenvalue weighted by atomic mass is 9.88. The van der Waals surface area contributed by atoms with Crippen molar-refractivity contribution in [1.82, 2.24) is 14.8 Å². The lowest BCUT2D eigenvalue weighted by Crippen LogP contribution is -2.58. The topological polar surface area (TPSA) is 45.7 Å². The molecule has 3 heterocycles. The number of rotatable bonds is 7. The second-order valence-corrected chi connectivity index (χ2v) is 11.6. The summed E-state index contributed by atoms with van der Waals surface area (Å²) in [4.78, 5) is 22.1. The van der Waals surface area contributed by atoms with Crippen molar-refractivity contribution in [3.63, 3.8) is 0 Å². The van der Waals surface area contributed by atoms with E-state index in [-0.39, 0.29) is 11.5 Å². The molecule has 1 spiro atoms. The van der Waals surface area contributed by atoms with Gasteiger partial charge in [-0.05, 0) is 37.6 Å². The van der Waals surface area contributed by atoms with Crippen LogP contribution in [0.15, 0.2) is 5.38 Å². The minimum Gasteiger partial charge on any atom is -0.371 e. The van der Waals surface area contributed by atoms with Crippen LogP contribution in [0.5, 0.6) is 0 Å². The van der Waals surface area contributed by atoms with E-state index in [1.54, 1.807) is 11.3 Å². The molecule has 0 unspecified atom stereocenters. The SMILES string of the molecule is CC(C)c1nc(C(=O)N2CCOC3(CCN(CCCCCC(C)(C)C)CC3)C2)cs1. The molecule has 1 aromatic rings. The molecule has 3 rings (SSSR count). The summed E-state index contributed by atoms with van der Waals surface area (Å²) in [5.41, 5.74) is 0.898. The zero-order valence-corrected chi connectivity index (χ0v) is 20.5. The summed E-state index contributed by atoms with van der Waals surface area (Å²) < 4.78 is 6.26. The molecule has 0 aliphatic carbocycles. The van der Waals surface area contributed by atoms with E-state index >= 15 is 0 Å². The highest BCUT2D eigenvalue weighted by Gasteiger charge is 2.41. The van der Waals surface area contributed by atoms with Gasteiger partial charge in [0, 0.05) is 30.9 Å². The molecule has 0 atom stereocenters. The number of ether oxygens (including phenoxy) is 1. The summed E-state index contributed by atoms with van der Waals surface area (Å²) in [6.07, 6.45) is 7.29. The number of amides is 1. The molecular weight excluding hydrogens is 394 g/mol. The minimum atomic E-state index is -0.159. The molecule has 2 saturated heterocycles. The summed E-state index contributed by atoms with van der Waals surface area (Å²) in [5, 5.41) is 2.96. The molecule has 2 fully saturated rings. The number of carbonyl (C=O) groups is 1. The van der Waals surface area contributed by atoms with Crippen molar-refractivity contribution in [3.05, 3.63) is 16.1 Å². The van der Waals surface area contributed by atoms with Crippen molar-refractivity contribution in [1.29, 1.82) is 0 Å². The normalized spacial score (nSPS) is 20.3. The number of morpholine rings is 1. The number of hydrogen-bond donors (Lipinski definition) is 0. The smallest absolute Gasteiger partial charge is 0.273 e. The molecule has 0 saturated carbocycles. The Kier molecular flexibility index (Phi) is 7.97. The van der Waals surface area contributed by atoms with E-state index in [2.05, 4.69) is 44.5 Å². The average molecular weight is 436 g/mol. The van der Waals surface area contributed by atoms with Gasteiger partial charge in [-0.3, -0.25) is 4.79 Å². The number of likely N-dealkylation sites (tertiary alicyclic amines) is 1. The van der Waals surface area contributed by atoms with Crippen LogP contribution in [0.3, 0.4) is 0 Å². The summed E-state index contributed by atoms with van der Waals surface area (Å²) in [7, 11) is 0. The fraction of sp³-hybridized carbons (Fsp3) is 0.833. The van der Waals surface area contributed by atoms with Gasteiger partial charge in [-0.2, -0.15) is 0 Å². The quantitative estimate of drug-likeness (QED) is 0.554. The van der Waals surface area contributed by atoms with Crippen LogP contribution >= 0.6 is 11.3 Å². The van der Waals surface area contributed by atoms with Gasteiger partial charge in [-0.1, -0.05) is 47.5 Å². The summed E-state index contributed by atoms with van der Waals surface area (Å²) in [6, 6.07) is 0. The first kappa shape index (κ1) is 23.7. The van der Waals surface area contributed by atoms with Crippen LogP contribution in [-0.2, 0) is 4.74 Å². The molecule has 2 aliphatic rings. The van der Waals surface area contributed by atoms with Crippen LogP contribution in [0.2, 0.25) is 0 Å². The molecule has 0 N–H and O–H groups in total. The fourth-order valence-corrected chi connectivity index (χ4v) is 5.29. The maximum absolute atomic E-state index is 13.0. The molecule has 0 aromatic carbocycles. The lowest BCUT2D eigenvalue weighted by Gasteiger charge is -2.47. The van der Waals surface area contributed by atoms with Crippen molar-refractivity contribution in [2.24, 2.45) is 5.41 Å². The largest absolute Gasteiger partial charge is 0.371 e. The standard InChI is InChI=1S/C24H41N3O2S/c1-19(2)21-25-20(17-30-21)22(28)27-15-16-29-24(18-27)10-13-26(14-11-24)12-8-6-7-9-23(3,4)5/h17,19H,6-16,18H2,1-5H3. The molecule has 0 bridgehead atoms. The number of unbranched alkanes of at least 4 members (excludes halogenated alkanes) is 2. The first-order valence-electron chi connectivity index (χ1n) is 11.8. The molecule has 5 nitrogen and oxygen atoms in total. The number of carbonyl (C=O) groups excluding carboxylic acids is 1. The van der Waals surface area contributed by atoms with Gasteiger partial charge in [0.05, 0.1) is 23.8 Å². The highest BCUT2D eigenvalue weighted by atomic mass is 32.1. The molecule has 170 valence electrons. The molecule has 0 radical (unpaired) electrons. The average Bonchev–Trinajstić information content (AvgIpc) is 3.18. The maximum atomic E-state index is 13.0. The Hall–Kier alpha value is -0.980. The number of hydrogen-bond acceptors (Lipinski definition) is 5. The summed E-state index contributed by atoms with van der Waals surface area (Å²) in [6.45, 7) is 16.6. The summed E-state index contributed by atoms with van der Waals surface area (Å²) >= 11 is 1.59. The second kappa shape index (κ2) is 10.1. The fourth-order valence-electron chi connectivity index (χ4n) is 4.49. The van der Waals surface area contributed by atoms with Crippen molar-refractivity contribution >= 4 is 17.2 Å². The Labute approximate surface area is 187 Å². The maximum Gasteiger partial charge on any atom is 0.273 e. The zero-order valence-electron chi connectivity index (χ0n) is 19.7. The van der Waals surface area contributed by atoms with Gasteiger partial charge in [-0.15, -0.1) is 11.3 Å². The van der Waals surface area contributed by atoms with E-state index in [1.807, 2.05) is 10.3 Å². The lowest BCUT2D eigenvalue weighted by molar-refractivity contribution is -0.127. The molecule has 1 aromatic heterocycles. The highest BCUT2D eigenvalue weighted by molar-refractivity contribution is 7.09. The van der Waals surface area contributed by atoms with Gasteiger partial charge in [0.2, 0.25) is 0 Å². The zero-order chi connectivity index (χ0) is 21.8.